The van der Waals surface area contributed by atoms with Gasteiger partial charge in [0, 0.05) is 6.54 Å². The first-order chi connectivity index (χ1) is 8.58. The van der Waals surface area contributed by atoms with Gasteiger partial charge in [-0.15, -0.1) is 0 Å². The summed E-state index contributed by atoms with van der Waals surface area (Å²) in [6, 6.07) is 0. The molecule has 0 aromatic rings. The lowest BCUT2D eigenvalue weighted by molar-refractivity contribution is -0.122. The van der Waals surface area contributed by atoms with E-state index >= 15 is 0 Å². The second-order valence-electron chi connectivity index (χ2n) is 5.25. The van der Waals surface area contributed by atoms with E-state index in [1.54, 1.807) is 4.90 Å². The van der Waals surface area contributed by atoms with Crippen LogP contribution in [-0.2, 0) is 4.79 Å². The van der Waals surface area contributed by atoms with Gasteiger partial charge < -0.3 is 0 Å². The molecule has 1 heterocycles. The Kier molecular flexibility index (Phi) is 4.62. The maximum absolute atomic E-state index is 12.3. The van der Waals surface area contributed by atoms with Gasteiger partial charge in [-0.3, -0.25) is 9.69 Å². The lowest BCUT2D eigenvalue weighted by Crippen LogP contribution is -2.31. The van der Waals surface area contributed by atoms with Crippen LogP contribution in [-0.4, -0.2) is 21.7 Å². The number of carbonyl (C=O) groups is 1. The molecule has 0 aromatic carbocycles. The molecular formula is C14H19NOS2. The van der Waals surface area contributed by atoms with Gasteiger partial charge in [0.25, 0.3) is 5.91 Å². The fourth-order valence-electron chi connectivity index (χ4n) is 2.22. The van der Waals surface area contributed by atoms with Crippen LogP contribution >= 0.6 is 24.0 Å². The van der Waals surface area contributed by atoms with Crippen LogP contribution in [0.25, 0.3) is 0 Å². The summed E-state index contributed by atoms with van der Waals surface area (Å²) < 4.78 is 0.714. The molecule has 18 heavy (non-hydrogen) atoms. The highest BCUT2D eigenvalue weighted by atomic mass is 32.2. The van der Waals surface area contributed by atoms with Crippen LogP contribution in [0.15, 0.2) is 23.1 Å². The first kappa shape index (κ1) is 13.8. The smallest absolute Gasteiger partial charge is 0.265 e. The van der Waals surface area contributed by atoms with Crippen molar-refractivity contribution in [2.45, 2.75) is 33.1 Å². The Balaban J connectivity index is 2.07. The van der Waals surface area contributed by atoms with E-state index < -0.39 is 0 Å². The summed E-state index contributed by atoms with van der Waals surface area (Å²) in [6.45, 7) is 4.94. The Morgan fingerprint density at radius 3 is 2.94 bits per heavy atom. The minimum atomic E-state index is 0.105. The summed E-state index contributed by atoms with van der Waals surface area (Å²) in [5, 5.41) is 0. The molecule has 1 fully saturated rings. The Bertz CT molecular complexity index is 412. The number of rotatable bonds is 3. The van der Waals surface area contributed by atoms with E-state index in [1.165, 1.54) is 11.8 Å². The fourth-order valence-corrected chi connectivity index (χ4v) is 3.56. The first-order valence-electron chi connectivity index (χ1n) is 6.48. The second kappa shape index (κ2) is 6.02. The van der Waals surface area contributed by atoms with Crippen molar-refractivity contribution in [1.82, 2.24) is 4.90 Å². The number of carbonyl (C=O) groups excluding carboxylic acids is 1. The van der Waals surface area contributed by atoms with E-state index in [2.05, 4.69) is 32.1 Å². The van der Waals surface area contributed by atoms with Crippen molar-refractivity contribution >= 4 is 34.2 Å². The van der Waals surface area contributed by atoms with Crippen LogP contribution in [0.3, 0.4) is 0 Å². The van der Waals surface area contributed by atoms with E-state index in [0.717, 1.165) is 30.7 Å². The van der Waals surface area contributed by atoms with Gasteiger partial charge in [-0.2, -0.15) is 0 Å². The molecule has 0 N–H and O–H groups in total. The van der Waals surface area contributed by atoms with Crippen LogP contribution in [0, 0.1) is 11.8 Å². The van der Waals surface area contributed by atoms with Crippen LogP contribution < -0.4 is 0 Å². The van der Waals surface area contributed by atoms with Gasteiger partial charge in [0.15, 0.2) is 0 Å². The number of amides is 1. The summed E-state index contributed by atoms with van der Waals surface area (Å²) >= 11 is 6.76. The topological polar surface area (TPSA) is 20.3 Å². The zero-order valence-electron chi connectivity index (χ0n) is 10.9. The predicted molar refractivity (Wildman–Crippen MR) is 81.3 cm³/mol. The molecule has 1 saturated heterocycles. The largest absolute Gasteiger partial charge is 0.293 e. The van der Waals surface area contributed by atoms with Crippen molar-refractivity contribution in [2.24, 2.45) is 11.8 Å². The summed E-state index contributed by atoms with van der Waals surface area (Å²) in [4.78, 5) is 14.8. The van der Waals surface area contributed by atoms with E-state index in [4.69, 9.17) is 12.2 Å². The monoisotopic (exact) mass is 281 g/mol. The van der Waals surface area contributed by atoms with Gasteiger partial charge in [-0.25, -0.2) is 0 Å². The lowest BCUT2D eigenvalue weighted by Gasteiger charge is -2.17. The Morgan fingerprint density at radius 2 is 2.33 bits per heavy atom. The first-order valence-corrected chi connectivity index (χ1v) is 7.71. The molecule has 1 amide bonds. The zero-order valence-corrected chi connectivity index (χ0v) is 12.5. The van der Waals surface area contributed by atoms with Crippen LogP contribution in [0.1, 0.15) is 33.1 Å². The molecule has 4 heteroatoms. The third kappa shape index (κ3) is 3.23. The minimum absolute atomic E-state index is 0.105. The van der Waals surface area contributed by atoms with Gasteiger partial charge >= 0.3 is 0 Å². The Labute approximate surface area is 118 Å². The normalized spacial score (nSPS) is 26.7. The third-order valence-electron chi connectivity index (χ3n) is 3.12. The molecule has 0 spiro atoms. The van der Waals surface area contributed by atoms with Crippen molar-refractivity contribution in [1.29, 1.82) is 0 Å². The molecule has 1 aliphatic carbocycles. The number of thiocarbonyl (C=S) groups is 1. The summed E-state index contributed by atoms with van der Waals surface area (Å²) in [5.41, 5.74) is 0. The Morgan fingerprint density at radius 1 is 1.56 bits per heavy atom. The van der Waals surface area contributed by atoms with Gasteiger partial charge in [-0.05, 0) is 31.1 Å². The molecule has 0 aromatic heterocycles. The maximum atomic E-state index is 12.3. The van der Waals surface area contributed by atoms with Crippen molar-refractivity contribution in [3.8, 4) is 0 Å². The maximum Gasteiger partial charge on any atom is 0.265 e. The van der Waals surface area contributed by atoms with Crippen molar-refractivity contribution in [3.63, 3.8) is 0 Å². The molecule has 98 valence electrons. The van der Waals surface area contributed by atoms with Crippen molar-refractivity contribution < 1.29 is 4.79 Å². The molecule has 2 rings (SSSR count). The predicted octanol–water partition coefficient (Wildman–Crippen LogP) is 3.74. The van der Waals surface area contributed by atoms with Crippen molar-refractivity contribution in [3.05, 3.63) is 23.1 Å². The fraction of sp³-hybridized carbons (Fsp3) is 0.571. The summed E-state index contributed by atoms with van der Waals surface area (Å²) in [7, 11) is 0. The zero-order chi connectivity index (χ0) is 13.1. The van der Waals surface area contributed by atoms with Crippen LogP contribution in [0.5, 0.6) is 0 Å². The highest BCUT2D eigenvalue weighted by Gasteiger charge is 2.32. The minimum Gasteiger partial charge on any atom is -0.293 e. The van der Waals surface area contributed by atoms with Gasteiger partial charge in [-0.1, -0.05) is 56.1 Å². The van der Waals surface area contributed by atoms with Gasteiger partial charge in [0.1, 0.15) is 4.32 Å². The van der Waals surface area contributed by atoms with Crippen molar-refractivity contribution in [2.75, 3.05) is 6.54 Å². The highest BCUT2D eigenvalue weighted by Crippen LogP contribution is 2.34. The van der Waals surface area contributed by atoms with Gasteiger partial charge in [0.2, 0.25) is 0 Å². The molecule has 2 nitrogen and oxygen atoms in total. The van der Waals surface area contributed by atoms with E-state index in [0.29, 0.717) is 16.2 Å². The third-order valence-corrected chi connectivity index (χ3v) is 4.51. The second-order valence-corrected chi connectivity index (χ2v) is 6.93. The average Bonchev–Trinajstić information content (AvgIpc) is 2.58. The van der Waals surface area contributed by atoms with E-state index in [1.807, 2.05) is 0 Å². The molecule has 0 saturated carbocycles. The lowest BCUT2D eigenvalue weighted by atomic mass is 9.94. The molecule has 1 unspecified atom stereocenters. The molecule has 2 aliphatic rings. The molecule has 1 aliphatic heterocycles. The number of thioether (sulfide) groups is 1. The molecule has 1 atom stereocenters. The number of nitrogens with zero attached hydrogens (tertiary/aromatic N) is 1. The molecule has 0 bridgehead atoms. The highest BCUT2D eigenvalue weighted by molar-refractivity contribution is 8.26. The molecular weight excluding hydrogens is 262 g/mol. The number of allylic oxidation sites excluding steroid dienone is 3. The SMILES string of the molecule is CC(C)CN1C(=O)/C(=C\C2CC=CCC2)SC1=S. The Hall–Kier alpha value is -0.610. The average molecular weight is 281 g/mol. The number of hydrogen-bond donors (Lipinski definition) is 0. The summed E-state index contributed by atoms with van der Waals surface area (Å²) in [6.07, 6.45) is 9.86. The standard InChI is InChI=1S/C14H19NOS2/c1-10(2)9-15-13(16)12(18-14(15)17)8-11-6-4-3-5-7-11/h3-4,8,10-11H,5-7,9H2,1-2H3/b12-8+. The number of hydrogen-bond acceptors (Lipinski definition) is 3. The quantitative estimate of drug-likeness (QED) is 0.446. The van der Waals surface area contributed by atoms with E-state index in [9.17, 15) is 4.79 Å². The van der Waals surface area contributed by atoms with Gasteiger partial charge in [0.05, 0.1) is 4.91 Å². The van der Waals surface area contributed by atoms with E-state index in [-0.39, 0.29) is 5.91 Å². The summed E-state index contributed by atoms with van der Waals surface area (Å²) in [5.74, 6) is 1.06. The molecule has 0 radical (unpaired) electrons. The van der Waals surface area contributed by atoms with Crippen LogP contribution in [0.4, 0.5) is 0 Å². The van der Waals surface area contributed by atoms with Crippen LogP contribution in [0.2, 0.25) is 0 Å².